The summed E-state index contributed by atoms with van der Waals surface area (Å²) in [5.74, 6) is -2.00. The lowest BCUT2D eigenvalue weighted by molar-refractivity contribution is -0.136. The Hall–Kier alpha value is -3.94. The summed E-state index contributed by atoms with van der Waals surface area (Å²) in [6, 6.07) is 9.12. The molecule has 0 aliphatic heterocycles. The van der Waals surface area contributed by atoms with Crippen LogP contribution in [0.3, 0.4) is 0 Å². The topological polar surface area (TPSA) is 141 Å². The van der Waals surface area contributed by atoms with E-state index in [2.05, 4.69) is 9.97 Å². The first kappa shape index (κ1) is 19.8. The molecule has 1 aromatic heterocycles. The van der Waals surface area contributed by atoms with Crippen molar-refractivity contribution in [1.29, 1.82) is 0 Å². The Bertz CT molecular complexity index is 1040. The number of rotatable bonds is 7. The minimum absolute atomic E-state index is 0.0275. The van der Waals surface area contributed by atoms with Gasteiger partial charge in [-0.3, -0.25) is 9.59 Å². The maximum atomic E-state index is 12.3. The molecule has 0 radical (unpaired) electrons. The zero-order valence-corrected chi connectivity index (χ0v) is 15.2. The summed E-state index contributed by atoms with van der Waals surface area (Å²) >= 11 is 0. The summed E-state index contributed by atoms with van der Waals surface area (Å²) in [6.07, 6.45) is 2.67. The molecule has 0 spiro atoms. The second-order valence-corrected chi connectivity index (χ2v) is 6.51. The number of carboxylic acids is 1. The first-order chi connectivity index (χ1) is 13.8. The second-order valence-electron chi connectivity index (χ2n) is 6.51. The van der Waals surface area contributed by atoms with Crippen molar-refractivity contribution in [2.75, 3.05) is 0 Å². The van der Waals surface area contributed by atoms with Gasteiger partial charge >= 0.3 is 5.97 Å². The third-order valence-corrected chi connectivity index (χ3v) is 4.24. The first-order valence-corrected chi connectivity index (χ1v) is 8.69. The second kappa shape index (κ2) is 8.39. The van der Waals surface area contributed by atoms with Gasteiger partial charge in [0.25, 0.3) is 0 Å². The largest absolute Gasteiger partial charge is 0.508 e. The van der Waals surface area contributed by atoms with E-state index in [0.717, 1.165) is 17.7 Å². The molecule has 2 aromatic carbocycles. The van der Waals surface area contributed by atoms with Crippen LogP contribution in [0.25, 0.3) is 11.1 Å². The van der Waals surface area contributed by atoms with Crippen molar-refractivity contribution in [3.8, 4) is 28.4 Å². The van der Waals surface area contributed by atoms with Gasteiger partial charge < -0.3 is 20.4 Å². The van der Waals surface area contributed by atoms with Gasteiger partial charge in [0.2, 0.25) is 0 Å². The summed E-state index contributed by atoms with van der Waals surface area (Å²) in [6.45, 7) is 0. The molecule has 0 aliphatic carbocycles. The Morgan fingerprint density at radius 2 is 1.48 bits per heavy atom. The fourth-order valence-corrected chi connectivity index (χ4v) is 2.88. The van der Waals surface area contributed by atoms with Crippen LogP contribution in [0.5, 0.6) is 17.2 Å². The molecule has 0 atom stereocenters. The van der Waals surface area contributed by atoms with Crippen LogP contribution in [0.4, 0.5) is 0 Å². The van der Waals surface area contributed by atoms with Crippen LogP contribution in [-0.2, 0) is 28.9 Å². The quantitative estimate of drug-likeness (QED) is 0.478. The highest BCUT2D eigenvalue weighted by Crippen LogP contribution is 2.32. The number of aromatic nitrogens is 2. The number of carboxylic acid groups (broad SMARTS) is 1. The lowest BCUT2D eigenvalue weighted by atomic mass is 10.0. The molecule has 1 heterocycles. The average molecular weight is 394 g/mol. The Balaban J connectivity index is 1.69. The van der Waals surface area contributed by atoms with Crippen LogP contribution >= 0.6 is 0 Å². The van der Waals surface area contributed by atoms with Gasteiger partial charge in [-0.2, -0.15) is 0 Å². The molecular weight excluding hydrogens is 376 g/mol. The van der Waals surface area contributed by atoms with Gasteiger partial charge in [-0.1, -0.05) is 24.3 Å². The minimum atomic E-state index is -0.919. The van der Waals surface area contributed by atoms with Crippen LogP contribution in [0.2, 0.25) is 0 Å². The zero-order valence-electron chi connectivity index (χ0n) is 15.2. The standard InChI is InChI=1S/C21H18N2O6/c24-15(6-17-18(26)7-16(25)8-19(17)27)9-20-22-10-14(11-23-20)13-3-1-2-12(4-13)5-21(28)29/h1-4,7-8,10-11,25-27H,5-6,9H2,(H,28,29). The normalized spacial score (nSPS) is 10.6. The molecule has 8 nitrogen and oxygen atoms in total. The van der Waals surface area contributed by atoms with Gasteiger partial charge in [-0.05, 0) is 11.1 Å². The van der Waals surface area contributed by atoms with Gasteiger partial charge in [0.15, 0.2) is 0 Å². The lowest BCUT2D eigenvalue weighted by Crippen LogP contribution is -2.09. The smallest absolute Gasteiger partial charge is 0.307 e. The van der Waals surface area contributed by atoms with E-state index in [9.17, 15) is 24.9 Å². The van der Waals surface area contributed by atoms with Crippen LogP contribution in [0.1, 0.15) is 17.0 Å². The average Bonchev–Trinajstić information content (AvgIpc) is 2.65. The van der Waals surface area contributed by atoms with Gasteiger partial charge in [0.1, 0.15) is 28.9 Å². The van der Waals surface area contributed by atoms with Crippen molar-refractivity contribution in [3.05, 3.63) is 65.7 Å². The Kier molecular flexibility index (Phi) is 5.73. The molecule has 0 saturated carbocycles. The zero-order chi connectivity index (χ0) is 21.0. The Morgan fingerprint density at radius 3 is 2.10 bits per heavy atom. The number of hydrogen-bond acceptors (Lipinski definition) is 7. The third kappa shape index (κ3) is 5.07. The number of aliphatic carboxylic acids is 1. The van der Waals surface area contributed by atoms with Crippen molar-refractivity contribution in [2.24, 2.45) is 0 Å². The molecule has 0 aliphatic rings. The number of phenolic OH excluding ortho intramolecular Hbond substituents is 3. The van der Waals surface area contributed by atoms with E-state index in [-0.39, 0.29) is 53.7 Å². The van der Waals surface area contributed by atoms with Crippen molar-refractivity contribution >= 4 is 11.8 Å². The third-order valence-electron chi connectivity index (χ3n) is 4.24. The van der Waals surface area contributed by atoms with Crippen LogP contribution in [0, 0.1) is 0 Å². The molecule has 3 rings (SSSR count). The number of carbonyl (C=O) groups is 2. The maximum absolute atomic E-state index is 12.3. The van der Waals surface area contributed by atoms with Gasteiger partial charge in [-0.25, -0.2) is 9.97 Å². The molecule has 0 fully saturated rings. The van der Waals surface area contributed by atoms with Gasteiger partial charge in [0, 0.05) is 42.1 Å². The number of phenols is 3. The van der Waals surface area contributed by atoms with E-state index >= 15 is 0 Å². The molecule has 29 heavy (non-hydrogen) atoms. The van der Waals surface area contributed by atoms with Crippen LogP contribution in [0.15, 0.2) is 48.8 Å². The summed E-state index contributed by atoms with van der Waals surface area (Å²) < 4.78 is 0. The Labute approximate surface area is 165 Å². The van der Waals surface area contributed by atoms with Crippen molar-refractivity contribution in [2.45, 2.75) is 19.3 Å². The van der Waals surface area contributed by atoms with E-state index in [1.54, 1.807) is 30.6 Å². The minimum Gasteiger partial charge on any atom is -0.508 e. The molecule has 3 aromatic rings. The number of nitrogens with zero attached hydrogens (tertiary/aromatic N) is 2. The van der Waals surface area contributed by atoms with Crippen molar-refractivity contribution in [3.63, 3.8) is 0 Å². The SMILES string of the molecule is O=C(O)Cc1cccc(-c2cnc(CC(=O)Cc3c(O)cc(O)cc3O)nc2)c1. The predicted molar refractivity (Wildman–Crippen MR) is 103 cm³/mol. The fraction of sp³-hybridized carbons (Fsp3) is 0.143. The number of hydrogen-bond donors (Lipinski definition) is 4. The van der Waals surface area contributed by atoms with Crippen LogP contribution in [-0.4, -0.2) is 42.1 Å². The Morgan fingerprint density at radius 1 is 0.828 bits per heavy atom. The number of ketones is 1. The summed E-state index contributed by atoms with van der Waals surface area (Å²) in [4.78, 5) is 31.5. The highest BCUT2D eigenvalue weighted by atomic mass is 16.4. The number of aromatic hydroxyl groups is 3. The lowest BCUT2D eigenvalue weighted by Gasteiger charge is -2.08. The van der Waals surface area contributed by atoms with Crippen molar-refractivity contribution in [1.82, 2.24) is 9.97 Å². The maximum Gasteiger partial charge on any atom is 0.307 e. The van der Waals surface area contributed by atoms with E-state index in [4.69, 9.17) is 5.11 Å². The van der Waals surface area contributed by atoms with Gasteiger partial charge in [0.05, 0.1) is 12.8 Å². The van der Waals surface area contributed by atoms with Crippen molar-refractivity contribution < 1.29 is 30.0 Å². The van der Waals surface area contributed by atoms with Crippen LogP contribution < -0.4 is 0 Å². The van der Waals surface area contributed by atoms with E-state index in [1.807, 2.05) is 6.07 Å². The highest BCUT2D eigenvalue weighted by Gasteiger charge is 2.15. The summed E-state index contributed by atoms with van der Waals surface area (Å²) in [5, 5.41) is 37.8. The summed E-state index contributed by atoms with van der Waals surface area (Å²) in [5.41, 5.74) is 2.13. The van der Waals surface area contributed by atoms with Gasteiger partial charge in [-0.15, -0.1) is 0 Å². The molecule has 4 N–H and O–H groups in total. The molecule has 8 heteroatoms. The molecular formula is C21H18N2O6. The molecule has 148 valence electrons. The van der Waals surface area contributed by atoms with E-state index < -0.39 is 5.97 Å². The number of carbonyl (C=O) groups excluding carboxylic acids is 1. The van der Waals surface area contributed by atoms with E-state index in [1.165, 1.54) is 0 Å². The number of Topliss-reactive ketones (excluding diaryl/α,β-unsaturated/α-hetero) is 1. The molecule has 0 saturated heterocycles. The first-order valence-electron chi connectivity index (χ1n) is 8.69. The molecule has 0 amide bonds. The number of benzene rings is 2. The monoisotopic (exact) mass is 394 g/mol. The fourth-order valence-electron chi connectivity index (χ4n) is 2.88. The summed E-state index contributed by atoms with van der Waals surface area (Å²) in [7, 11) is 0. The molecule has 0 bridgehead atoms. The molecule has 0 unspecified atom stereocenters. The van der Waals surface area contributed by atoms with E-state index in [0.29, 0.717) is 11.1 Å². The highest BCUT2D eigenvalue weighted by molar-refractivity contribution is 5.84. The predicted octanol–water partition coefficient (Wildman–Crippen LogP) is 2.24.